The van der Waals surface area contributed by atoms with E-state index in [1.165, 1.54) is 32.1 Å². The first-order valence-corrected chi connectivity index (χ1v) is 6.95. The molecule has 1 amide bonds. The highest BCUT2D eigenvalue weighted by atomic mass is 16.3. The van der Waals surface area contributed by atoms with Gasteiger partial charge in [0.1, 0.15) is 0 Å². The van der Waals surface area contributed by atoms with Gasteiger partial charge in [0.2, 0.25) is 5.91 Å². The average Bonchev–Trinajstić information content (AvgIpc) is 2.24. The van der Waals surface area contributed by atoms with Gasteiger partial charge in [-0.3, -0.25) is 4.79 Å². The minimum atomic E-state index is -0.810. The van der Waals surface area contributed by atoms with Crippen molar-refractivity contribution < 1.29 is 9.90 Å². The predicted molar refractivity (Wildman–Crippen MR) is 71.9 cm³/mol. The molecule has 0 radical (unpaired) electrons. The summed E-state index contributed by atoms with van der Waals surface area (Å²) in [5.74, 6) is 0.0562. The Morgan fingerprint density at radius 3 is 2.12 bits per heavy atom. The van der Waals surface area contributed by atoms with Crippen molar-refractivity contribution in [2.24, 2.45) is 0 Å². The molecular formula is C14H29NO2. The van der Waals surface area contributed by atoms with Crippen molar-refractivity contribution in [1.82, 2.24) is 5.32 Å². The fourth-order valence-corrected chi connectivity index (χ4v) is 1.65. The van der Waals surface area contributed by atoms with Crippen molar-refractivity contribution >= 4 is 5.91 Å². The Labute approximate surface area is 106 Å². The third-order valence-electron chi connectivity index (χ3n) is 2.73. The lowest BCUT2D eigenvalue weighted by Gasteiger charge is -2.17. The van der Waals surface area contributed by atoms with E-state index < -0.39 is 5.60 Å². The van der Waals surface area contributed by atoms with Crippen LogP contribution in [0.2, 0.25) is 0 Å². The fourth-order valence-electron chi connectivity index (χ4n) is 1.65. The van der Waals surface area contributed by atoms with Crippen LogP contribution in [0.5, 0.6) is 0 Å². The number of hydrogen-bond acceptors (Lipinski definition) is 2. The standard InChI is InChI=1S/C14H29NO2/c1-4-5-6-7-8-9-10-11-13(16)15-12-14(2,3)17/h17H,4-12H2,1-3H3,(H,15,16). The van der Waals surface area contributed by atoms with Crippen molar-refractivity contribution in [3.8, 4) is 0 Å². The Bertz CT molecular complexity index is 197. The molecule has 0 aliphatic carbocycles. The molecule has 0 aromatic rings. The Balaban J connectivity index is 3.28. The van der Waals surface area contributed by atoms with E-state index in [1.807, 2.05) is 0 Å². The molecule has 0 spiro atoms. The summed E-state index contributed by atoms with van der Waals surface area (Å²) in [5.41, 5.74) is -0.810. The zero-order chi connectivity index (χ0) is 13.1. The second-order valence-electron chi connectivity index (χ2n) is 5.46. The van der Waals surface area contributed by atoms with E-state index in [1.54, 1.807) is 13.8 Å². The zero-order valence-electron chi connectivity index (χ0n) is 11.7. The van der Waals surface area contributed by atoms with Gasteiger partial charge in [0.25, 0.3) is 0 Å². The molecule has 0 saturated carbocycles. The van der Waals surface area contributed by atoms with Crippen LogP contribution in [0.25, 0.3) is 0 Å². The molecule has 3 nitrogen and oxygen atoms in total. The largest absolute Gasteiger partial charge is 0.389 e. The maximum absolute atomic E-state index is 11.4. The predicted octanol–water partition coefficient (Wildman–Crippen LogP) is 3.01. The number of aliphatic hydroxyl groups is 1. The highest BCUT2D eigenvalue weighted by Gasteiger charge is 2.13. The first-order valence-electron chi connectivity index (χ1n) is 6.95. The number of carbonyl (C=O) groups excluding carboxylic acids is 1. The van der Waals surface area contributed by atoms with Crippen LogP contribution in [0.1, 0.15) is 72.1 Å². The summed E-state index contributed by atoms with van der Waals surface area (Å²) in [6, 6.07) is 0. The number of carbonyl (C=O) groups is 1. The second-order valence-corrected chi connectivity index (χ2v) is 5.46. The highest BCUT2D eigenvalue weighted by Crippen LogP contribution is 2.08. The van der Waals surface area contributed by atoms with Crippen LogP contribution in [0.3, 0.4) is 0 Å². The number of hydrogen-bond donors (Lipinski definition) is 2. The van der Waals surface area contributed by atoms with E-state index in [-0.39, 0.29) is 5.91 Å². The molecule has 0 heterocycles. The maximum atomic E-state index is 11.4. The van der Waals surface area contributed by atoms with Gasteiger partial charge in [0.05, 0.1) is 5.60 Å². The van der Waals surface area contributed by atoms with E-state index in [0.717, 1.165) is 12.8 Å². The number of amides is 1. The molecule has 0 aromatic carbocycles. The Kier molecular flexibility index (Phi) is 9.14. The van der Waals surface area contributed by atoms with E-state index in [2.05, 4.69) is 12.2 Å². The molecule has 0 fully saturated rings. The minimum Gasteiger partial charge on any atom is -0.389 e. The van der Waals surface area contributed by atoms with Gasteiger partial charge in [-0.15, -0.1) is 0 Å². The van der Waals surface area contributed by atoms with Crippen molar-refractivity contribution in [3.63, 3.8) is 0 Å². The normalized spacial score (nSPS) is 11.5. The average molecular weight is 243 g/mol. The highest BCUT2D eigenvalue weighted by molar-refractivity contribution is 5.75. The topological polar surface area (TPSA) is 49.3 Å². The van der Waals surface area contributed by atoms with E-state index in [0.29, 0.717) is 13.0 Å². The SMILES string of the molecule is CCCCCCCCCC(=O)NCC(C)(C)O. The molecule has 3 heteroatoms. The molecule has 2 N–H and O–H groups in total. The van der Waals surface area contributed by atoms with Crippen LogP contribution in [0, 0.1) is 0 Å². The summed E-state index contributed by atoms with van der Waals surface area (Å²) in [7, 11) is 0. The summed E-state index contributed by atoms with van der Waals surface area (Å²) in [5, 5.41) is 12.2. The van der Waals surface area contributed by atoms with Gasteiger partial charge in [-0.25, -0.2) is 0 Å². The maximum Gasteiger partial charge on any atom is 0.220 e. The van der Waals surface area contributed by atoms with Gasteiger partial charge in [-0.05, 0) is 20.3 Å². The van der Waals surface area contributed by atoms with Gasteiger partial charge in [-0.2, -0.15) is 0 Å². The molecule has 0 aliphatic heterocycles. The minimum absolute atomic E-state index is 0.0562. The number of nitrogens with one attached hydrogen (secondary N) is 1. The quantitative estimate of drug-likeness (QED) is 0.579. The molecule has 0 aromatic heterocycles. The summed E-state index contributed by atoms with van der Waals surface area (Å²) < 4.78 is 0. The first kappa shape index (κ1) is 16.4. The van der Waals surface area contributed by atoms with E-state index >= 15 is 0 Å². The van der Waals surface area contributed by atoms with Crippen LogP contribution in [0.4, 0.5) is 0 Å². The van der Waals surface area contributed by atoms with Crippen LogP contribution < -0.4 is 5.32 Å². The number of unbranched alkanes of at least 4 members (excludes halogenated alkanes) is 6. The Morgan fingerprint density at radius 2 is 1.59 bits per heavy atom. The smallest absolute Gasteiger partial charge is 0.220 e. The fraction of sp³-hybridized carbons (Fsp3) is 0.929. The van der Waals surface area contributed by atoms with Gasteiger partial charge in [0.15, 0.2) is 0 Å². The number of rotatable bonds is 10. The van der Waals surface area contributed by atoms with Gasteiger partial charge >= 0.3 is 0 Å². The van der Waals surface area contributed by atoms with E-state index in [9.17, 15) is 9.90 Å². The molecule has 102 valence electrons. The lowest BCUT2D eigenvalue weighted by Crippen LogP contribution is -2.38. The van der Waals surface area contributed by atoms with Gasteiger partial charge in [0, 0.05) is 13.0 Å². The van der Waals surface area contributed by atoms with Crippen molar-refractivity contribution in [2.45, 2.75) is 77.7 Å². The Morgan fingerprint density at radius 1 is 1.06 bits per heavy atom. The van der Waals surface area contributed by atoms with Crippen LogP contribution in [-0.2, 0) is 4.79 Å². The van der Waals surface area contributed by atoms with Crippen molar-refractivity contribution in [2.75, 3.05) is 6.54 Å². The summed E-state index contributed by atoms with van der Waals surface area (Å²) in [4.78, 5) is 11.4. The van der Waals surface area contributed by atoms with Crippen molar-refractivity contribution in [3.05, 3.63) is 0 Å². The lowest BCUT2D eigenvalue weighted by atomic mass is 10.1. The Hall–Kier alpha value is -0.570. The van der Waals surface area contributed by atoms with Crippen LogP contribution in [0.15, 0.2) is 0 Å². The molecule has 0 saturated heterocycles. The summed E-state index contributed by atoms with van der Waals surface area (Å²) in [6.45, 7) is 5.94. The first-order chi connectivity index (χ1) is 7.95. The lowest BCUT2D eigenvalue weighted by molar-refractivity contribution is -0.122. The summed E-state index contributed by atoms with van der Waals surface area (Å²) in [6.07, 6.45) is 9.14. The molecular weight excluding hydrogens is 214 g/mol. The van der Waals surface area contributed by atoms with Crippen LogP contribution >= 0.6 is 0 Å². The van der Waals surface area contributed by atoms with Gasteiger partial charge < -0.3 is 10.4 Å². The van der Waals surface area contributed by atoms with Gasteiger partial charge in [-0.1, -0.05) is 45.4 Å². The van der Waals surface area contributed by atoms with Crippen LogP contribution in [-0.4, -0.2) is 23.2 Å². The van der Waals surface area contributed by atoms with Crippen molar-refractivity contribution in [1.29, 1.82) is 0 Å². The molecule has 0 bridgehead atoms. The molecule has 17 heavy (non-hydrogen) atoms. The monoisotopic (exact) mass is 243 g/mol. The zero-order valence-corrected chi connectivity index (χ0v) is 11.7. The second kappa shape index (κ2) is 9.46. The molecule has 0 unspecified atom stereocenters. The summed E-state index contributed by atoms with van der Waals surface area (Å²) >= 11 is 0. The third-order valence-corrected chi connectivity index (χ3v) is 2.73. The molecule has 0 aliphatic rings. The molecule has 0 rings (SSSR count). The van der Waals surface area contributed by atoms with E-state index in [4.69, 9.17) is 0 Å². The molecule has 0 atom stereocenters. The third kappa shape index (κ3) is 13.4.